The van der Waals surface area contributed by atoms with Crippen LogP contribution in [0.5, 0.6) is 0 Å². The van der Waals surface area contributed by atoms with Gasteiger partial charge in [-0.25, -0.2) is 0 Å². The summed E-state index contributed by atoms with van der Waals surface area (Å²) >= 11 is 12.2. The van der Waals surface area contributed by atoms with E-state index in [1.54, 1.807) is 0 Å². The Bertz CT molecular complexity index is 1090. The number of piperidine rings is 1. The number of carbonyl (C=O) groups excluding carboxylic acids is 2. The number of hydrogen-bond acceptors (Lipinski definition) is 4. The normalized spacial score (nSPS) is 15.5. The Morgan fingerprint density at radius 2 is 1.54 bits per heavy atom. The van der Waals surface area contributed by atoms with E-state index in [4.69, 9.17) is 28.9 Å². The molecule has 0 spiro atoms. The summed E-state index contributed by atoms with van der Waals surface area (Å²) in [6.07, 6.45) is 3.96. The fraction of sp³-hybridized carbons (Fsp3) is 0.548. The lowest BCUT2D eigenvalue weighted by atomic mass is 9.89. The van der Waals surface area contributed by atoms with Crippen molar-refractivity contribution in [2.75, 3.05) is 26.2 Å². The lowest BCUT2D eigenvalue weighted by Crippen LogP contribution is -2.48. The second-order valence-corrected chi connectivity index (χ2v) is 12.3. The molecule has 2 aromatic rings. The quantitative estimate of drug-likeness (QED) is 0.256. The van der Waals surface area contributed by atoms with E-state index in [2.05, 4.69) is 35.4 Å². The third-order valence-electron chi connectivity index (χ3n) is 7.74. The largest absolute Gasteiger partial charge is 0.354 e. The highest BCUT2D eigenvalue weighted by Crippen LogP contribution is 2.27. The van der Waals surface area contributed by atoms with Crippen LogP contribution in [0.4, 0.5) is 0 Å². The maximum absolute atomic E-state index is 13.0. The zero-order valence-corrected chi connectivity index (χ0v) is 27.6. The van der Waals surface area contributed by atoms with Gasteiger partial charge in [-0.05, 0) is 91.9 Å². The van der Waals surface area contributed by atoms with Gasteiger partial charge in [-0.3, -0.25) is 9.59 Å². The van der Waals surface area contributed by atoms with E-state index in [-0.39, 0.29) is 48.6 Å². The number of halogens is 4. The van der Waals surface area contributed by atoms with E-state index in [1.807, 2.05) is 50.2 Å². The second-order valence-electron chi connectivity index (χ2n) is 11.5. The van der Waals surface area contributed by atoms with Crippen molar-refractivity contribution in [3.63, 3.8) is 0 Å². The van der Waals surface area contributed by atoms with Crippen LogP contribution >= 0.6 is 48.0 Å². The molecule has 0 aliphatic carbocycles. The monoisotopic (exact) mass is 646 g/mol. The number of nitrogens with two attached hydrogens (primary N) is 1. The van der Waals surface area contributed by atoms with E-state index >= 15 is 0 Å². The molecule has 1 saturated heterocycles. The third-order valence-corrected chi connectivity index (χ3v) is 8.48. The molecule has 4 N–H and O–H groups in total. The predicted octanol–water partition coefficient (Wildman–Crippen LogP) is 6.19. The van der Waals surface area contributed by atoms with Crippen molar-refractivity contribution in [1.82, 2.24) is 15.5 Å². The fourth-order valence-corrected chi connectivity index (χ4v) is 5.22. The van der Waals surface area contributed by atoms with Crippen molar-refractivity contribution in [3.05, 3.63) is 69.2 Å². The first-order valence-electron chi connectivity index (χ1n) is 14.1. The minimum absolute atomic E-state index is 0. The Hall–Kier alpha value is -1.54. The highest BCUT2D eigenvalue weighted by molar-refractivity contribution is 6.42. The summed E-state index contributed by atoms with van der Waals surface area (Å²) in [5.74, 6) is 0.874. The van der Waals surface area contributed by atoms with Crippen LogP contribution in [-0.4, -0.2) is 55.0 Å². The van der Waals surface area contributed by atoms with Gasteiger partial charge in [0.15, 0.2) is 0 Å². The summed E-state index contributed by atoms with van der Waals surface area (Å²) in [7, 11) is 0. The van der Waals surface area contributed by atoms with E-state index in [9.17, 15) is 9.59 Å². The lowest BCUT2D eigenvalue weighted by Gasteiger charge is -2.35. The van der Waals surface area contributed by atoms with Gasteiger partial charge in [0.05, 0.1) is 16.1 Å². The Morgan fingerprint density at radius 3 is 2.10 bits per heavy atom. The van der Waals surface area contributed by atoms with Crippen LogP contribution in [0, 0.1) is 17.8 Å². The zero-order valence-electron chi connectivity index (χ0n) is 24.5. The smallest absolute Gasteiger partial charge is 0.251 e. The van der Waals surface area contributed by atoms with Gasteiger partial charge in [0.1, 0.15) is 0 Å². The topological polar surface area (TPSA) is 87.5 Å². The SMILES string of the molecule is CC(C)C(CN1CCC(Cc2ccc(Cl)c(Cl)c2)CC1)NC(=O)c1ccc(CCNC(=O)[C@H](N)C(C)C)cc1.Cl.Cl. The van der Waals surface area contributed by atoms with Crippen LogP contribution in [0.3, 0.4) is 0 Å². The van der Waals surface area contributed by atoms with Gasteiger partial charge in [-0.1, -0.05) is 69.1 Å². The first-order valence-corrected chi connectivity index (χ1v) is 14.9. The maximum Gasteiger partial charge on any atom is 0.251 e. The first kappa shape index (κ1) is 37.5. The van der Waals surface area contributed by atoms with Crippen LogP contribution in [0.25, 0.3) is 0 Å². The molecule has 1 unspecified atom stereocenters. The van der Waals surface area contributed by atoms with E-state index in [1.165, 1.54) is 5.56 Å². The van der Waals surface area contributed by atoms with E-state index in [0.717, 1.165) is 44.5 Å². The standard InChI is InChI=1S/C31H44Cl2N4O2.2ClH/c1-20(2)28(19-37-15-12-23(13-16-37)17-24-7-10-26(32)27(33)18-24)36-30(38)25-8-5-22(6-9-25)11-14-35-31(39)29(34)21(3)4;;/h5-10,18,20-21,23,28-29H,11-17,19,34H2,1-4H3,(H,35,39)(H,36,38);2*1H/t28?,29-;;/m1../s1. The Labute approximate surface area is 268 Å². The van der Waals surface area contributed by atoms with Crippen molar-refractivity contribution in [3.8, 4) is 0 Å². The summed E-state index contributed by atoms with van der Waals surface area (Å²) in [4.78, 5) is 27.5. The molecule has 0 radical (unpaired) electrons. The van der Waals surface area contributed by atoms with Gasteiger partial charge < -0.3 is 21.3 Å². The Kier molecular flexibility index (Phi) is 16.6. The molecule has 1 aliphatic heterocycles. The summed E-state index contributed by atoms with van der Waals surface area (Å²) < 4.78 is 0. The van der Waals surface area contributed by atoms with Crippen LogP contribution in [0.1, 0.15) is 62.0 Å². The lowest BCUT2D eigenvalue weighted by molar-refractivity contribution is -0.123. The zero-order chi connectivity index (χ0) is 28.5. The van der Waals surface area contributed by atoms with Gasteiger partial charge >= 0.3 is 0 Å². The van der Waals surface area contributed by atoms with Crippen molar-refractivity contribution in [2.45, 2.75) is 65.5 Å². The van der Waals surface area contributed by atoms with Crippen molar-refractivity contribution < 1.29 is 9.59 Å². The molecule has 6 nitrogen and oxygen atoms in total. The summed E-state index contributed by atoms with van der Waals surface area (Å²) in [5.41, 5.74) is 8.84. The van der Waals surface area contributed by atoms with Gasteiger partial charge in [0, 0.05) is 24.7 Å². The molecule has 3 rings (SSSR count). The Morgan fingerprint density at radius 1 is 0.927 bits per heavy atom. The average molecular weight is 649 g/mol. The molecule has 2 atom stereocenters. The van der Waals surface area contributed by atoms with Gasteiger partial charge in [-0.2, -0.15) is 0 Å². The van der Waals surface area contributed by atoms with Gasteiger partial charge in [-0.15, -0.1) is 24.8 Å². The molecule has 10 heteroatoms. The number of likely N-dealkylation sites (tertiary alicyclic amines) is 1. The molecule has 0 bridgehead atoms. The minimum Gasteiger partial charge on any atom is -0.354 e. The molecule has 1 heterocycles. The molecule has 2 aromatic carbocycles. The van der Waals surface area contributed by atoms with E-state index in [0.29, 0.717) is 40.4 Å². The fourth-order valence-electron chi connectivity index (χ4n) is 4.90. The number of nitrogens with one attached hydrogen (secondary N) is 2. The highest BCUT2D eigenvalue weighted by atomic mass is 35.5. The maximum atomic E-state index is 13.0. The highest BCUT2D eigenvalue weighted by Gasteiger charge is 2.25. The average Bonchev–Trinajstić information content (AvgIpc) is 2.91. The van der Waals surface area contributed by atoms with Crippen LogP contribution in [0.2, 0.25) is 10.0 Å². The van der Waals surface area contributed by atoms with Gasteiger partial charge in [0.2, 0.25) is 5.91 Å². The number of hydrogen-bond donors (Lipinski definition) is 3. The number of nitrogens with zero attached hydrogens (tertiary/aromatic N) is 1. The minimum atomic E-state index is -0.495. The van der Waals surface area contributed by atoms with Crippen molar-refractivity contribution in [2.24, 2.45) is 23.5 Å². The molecular formula is C31H46Cl4N4O2. The molecule has 1 aliphatic rings. The van der Waals surface area contributed by atoms with Gasteiger partial charge in [0.25, 0.3) is 5.91 Å². The molecular weight excluding hydrogens is 602 g/mol. The molecule has 0 aromatic heterocycles. The summed E-state index contributed by atoms with van der Waals surface area (Å²) in [5, 5.41) is 7.37. The predicted molar refractivity (Wildman–Crippen MR) is 176 cm³/mol. The first-order chi connectivity index (χ1) is 18.5. The van der Waals surface area contributed by atoms with Crippen LogP contribution in [0.15, 0.2) is 42.5 Å². The molecule has 0 saturated carbocycles. The number of rotatable bonds is 12. The number of benzene rings is 2. The summed E-state index contributed by atoms with van der Waals surface area (Å²) in [6.45, 7) is 11.6. The second kappa shape index (κ2) is 18.2. The summed E-state index contributed by atoms with van der Waals surface area (Å²) in [6, 6.07) is 13.1. The molecule has 230 valence electrons. The molecule has 1 fully saturated rings. The van der Waals surface area contributed by atoms with Crippen LogP contribution in [-0.2, 0) is 17.6 Å². The molecule has 41 heavy (non-hydrogen) atoms. The van der Waals surface area contributed by atoms with E-state index < -0.39 is 6.04 Å². The van der Waals surface area contributed by atoms with Crippen molar-refractivity contribution >= 4 is 59.8 Å². The number of amides is 2. The van der Waals surface area contributed by atoms with Crippen molar-refractivity contribution in [1.29, 1.82) is 0 Å². The molecule has 2 amide bonds. The number of carbonyl (C=O) groups is 2. The third kappa shape index (κ3) is 11.9. The van der Waals surface area contributed by atoms with Crippen LogP contribution < -0.4 is 16.4 Å². The Balaban J connectivity index is 0.00000420.